The molecule has 0 bridgehead atoms. The molecule has 0 radical (unpaired) electrons. The maximum atomic E-state index is 10.7. The summed E-state index contributed by atoms with van der Waals surface area (Å²) in [6.45, 7) is 2.89. The first kappa shape index (κ1) is 14.5. The molecule has 7 nitrogen and oxygen atoms in total. The van der Waals surface area contributed by atoms with Crippen LogP contribution in [0.4, 0.5) is 5.69 Å². The molecule has 1 atom stereocenters. The third-order valence-corrected chi connectivity index (χ3v) is 3.06. The van der Waals surface area contributed by atoms with E-state index in [0.29, 0.717) is 24.7 Å². The van der Waals surface area contributed by atoms with Gasteiger partial charge in [0.05, 0.1) is 37.4 Å². The third-order valence-electron chi connectivity index (χ3n) is 3.06. The highest BCUT2D eigenvalue weighted by Crippen LogP contribution is 2.31. The lowest BCUT2D eigenvalue weighted by Gasteiger charge is -2.23. The van der Waals surface area contributed by atoms with Crippen molar-refractivity contribution in [1.82, 2.24) is 5.32 Å². The van der Waals surface area contributed by atoms with Gasteiger partial charge in [-0.05, 0) is 6.07 Å². The first-order chi connectivity index (χ1) is 9.70. The Labute approximate surface area is 117 Å². The first-order valence-electron chi connectivity index (χ1n) is 6.48. The van der Waals surface area contributed by atoms with Gasteiger partial charge in [0.1, 0.15) is 0 Å². The van der Waals surface area contributed by atoms with Gasteiger partial charge in [0, 0.05) is 25.6 Å². The minimum absolute atomic E-state index is 0.0194. The van der Waals surface area contributed by atoms with Crippen LogP contribution in [0.1, 0.15) is 6.42 Å². The molecular weight excluding hydrogens is 264 g/mol. The Morgan fingerprint density at radius 2 is 2.35 bits per heavy atom. The van der Waals surface area contributed by atoms with Gasteiger partial charge in [0.25, 0.3) is 5.69 Å². The molecule has 1 aliphatic heterocycles. The van der Waals surface area contributed by atoms with E-state index >= 15 is 0 Å². The van der Waals surface area contributed by atoms with E-state index in [9.17, 15) is 10.1 Å². The summed E-state index contributed by atoms with van der Waals surface area (Å²) in [4.78, 5) is 10.2. The summed E-state index contributed by atoms with van der Waals surface area (Å²) in [5.74, 6) is 0.865. The van der Waals surface area contributed by atoms with Gasteiger partial charge in [-0.1, -0.05) is 0 Å². The number of hydrogen-bond acceptors (Lipinski definition) is 6. The molecule has 1 aliphatic rings. The van der Waals surface area contributed by atoms with E-state index < -0.39 is 4.92 Å². The molecule has 0 aliphatic carbocycles. The van der Waals surface area contributed by atoms with Crippen molar-refractivity contribution >= 4 is 5.69 Å². The van der Waals surface area contributed by atoms with Crippen LogP contribution >= 0.6 is 0 Å². The SMILES string of the molecule is COc1cc([N+](=O)[O-])ccc1OCCC1CNCCO1. The molecule has 1 unspecified atom stereocenters. The van der Waals surface area contributed by atoms with Crippen molar-refractivity contribution in [3.8, 4) is 11.5 Å². The minimum Gasteiger partial charge on any atom is -0.493 e. The number of nitrogens with one attached hydrogen (secondary N) is 1. The molecule has 1 heterocycles. The van der Waals surface area contributed by atoms with E-state index in [0.717, 1.165) is 19.5 Å². The van der Waals surface area contributed by atoms with E-state index in [-0.39, 0.29) is 11.8 Å². The number of ether oxygens (including phenoxy) is 3. The van der Waals surface area contributed by atoms with Crippen LogP contribution in [0.25, 0.3) is 0 Å². The molecule has 7 heteroatoms. The van der Waals surface area contributed by atoms with Crippen molar-refractivity contribution in [3.05, 3.63) is 28.3 Å². The van der Waals surface area contributed by atoms with Crippen molar-refractivity contribution in [3.63, 3.8) is 0 Å². The Hall–Kier alpha value is -1.86. The van der Waals surface area contributed by atoms with Gasteiger partial charge in [0.15, 0.2) is 11.5 Å². The number of hydrogen-bond donors (Lipinski definition) is 1. The maximum absolute atomic E-state index is 10.7. The van der Waals surface area contributed by atoms with Gasteiger partial charge >= 0.3 is 0 Å². The molecule has 1 N–H and O–H groups in total. The lowest BCUT2D eigenvalue weighted by atomic mass is 10.2. The monoisotopic (exact) mass is 282 g/mol. The lowest BCUT2D eigenvalue weighted by Crippen LogP contribution is -2.39. The zero-order valence-corrected chi connectivity index (χ0v) is 11.3. The van der Waals surface area contributed by atoms with E-state index in [1.807, 2.05) is 0 Å². The molecule has 2 rings (SSSR count). The zero-order chi connectivity index (χ0) is 14.4. The fourth-order valence-corrected chi connectivity index (χ4v) is 1.99. The molecule has 110 valence electrons. The Morgan fingerprint density at radius 1 is 1.50 bits per heavy atom. The Kier molecular flexibility index (Phi) is 5.14. The molecule has 1 aromatic carbocycles. The quantitative estimate of drug-likeness (QED) is 0.626. The summed E-state index contributed by atoms with van der Waals surface area (Å²) in [5.41, 5.74) is -0.0194. The molecule has 1 saturated heterocycles. The lowest BCUT2D eigenvalue weighted by molar-refractivity contribution is -0.385. The predicted molar refractivity (Wildman–Crippen MR) is 72.4 cm³/mol. The topological polar surface area (TPSA) is 82.9 Å². The second kappa shape index (κ2) is 7.06. The summed E-state index contributed by atoms with van der Waals surface area (Å²) < 4.78 is 16.3. The van der Waals surface area contributed by atoms with Gasteiger partial charge in [-0.15, -0.1) is 0 Å². The number of nitrogens with zero attached hydrogens (tertiary/aromatic N) is 1. The average molecular weight is 282 g/mol. The van der Waals surface area contributed by atoms with Crippen molar-refractivity contribution in [2.75, 3.05) is 33.4 Å². The number of nitro groups is 1. The molecule has 0 saturated carbocycles. The predicted octanol–water partition coefficient (Wildman–Crippen LogP) is 1.36. The largest absolute Gasteiger partial charge is 0.493 e. The first-order valence-corrected chi connectivity index (χ1v) is 6.48. The number of rotatable bonds is 6. The second-order valence-corrected chi connectivity index (χ2v) is 4.43. The van der Waals surface area contributed by atoms with E-state index in [1.54, 1.807) is 6.07 Å². The molecule has 0 amide bonds. The Morgan fingerprint density at radius 3 is 3.00 bits per heavy atom. The standard InChI is InChI=1S/C13H18N2O5/c1-18-13-8-10(15(16)17)2-3-12(13)20-6-4-11-9-14-5-7-19-11/h2-3,8,11,14H,4-7,9H2,1H3. The van der Waals surface area contributed by atoms with Crippen molar-refractivity contribution in [1.29, 1.82) is 0 Å². The number of methoxy groups -OCH3 is 1. The van der Waals surface area contributed by atoms with Gasteiger partial charge in [-0.2, -0.15) is 0 Å². The van der Waals surface area contributed by atoms with Crippen LogP contribution in [0.2, 0.25) is 0 Å². The summed E-state index contributed by atoms with van der Waals surface area (Å²) in [6, 6.07) is 4.31. The van der Waals surface area contributed by atoms with E-state index in [1.165, 1.54) is 19.2 Å². The summed E-state index contributed by atoms with van der Waals surface area (Å²) in [6.07, 6.45) is 0.903. The molecule has 0 aromatic heterocycles. The highest BCUT2D eigenvalue weighted by atomic mass is 16.6. The van der Waals surface area contributed by atoms with Gasteiger partial charge in [-0.25, -0.2) is 0 Å². The fraction of sp³-hybridized carbons (Fsp3) is 0.538. The number of benzene rings is 1. The van der Waals surface area contributed by atoms with Crippen molar-refractivity contribution in [2.24, 2.45) is 0 Å². The number of nitro benzene ring substituents is 1. The molecule has 20 heavy (non-hydrogen) atoms. The number of morpholine rings is 1. The number of non-ortho nitro benzene ring substituents is 1. The van der Waals surface area contributed by atoms with Crippen molar-refractivity contribution < 1.29 is 19.1 Å². The van der Waals surface area contributed by atoms with Crippen LogP contribution < -0.4 is 14.8 Å². The van der Waals surface area contributed by atoms with Gasteiger partial charge in [0.2, 0.25) is 0 Å². The second-order valence-electron chi connectivity index (χ2n) is 4.43. The van der Waals surface area contributed by atoms with Crippen LogP contribution in [0, 0.1) is 10.1 Å². The van der Waals surface area contributed by atoms with Crippen LogP contribution in [0.3, 0.4) is 0 Å². The molecule has 1 fully saturated rings. The van der Waals surface area contributed by atoms with E-state index in [2.05, 4.69) is 5.32 Å². The Balaban J connectivity index is 1.89. The normalized spacial score (nSPS) is 18.6. The van der Waals surface area contributed by atoms with Crippen LogP contribution in [0.5, 0.6) is 11.5 Å². The van der Waals surface area contributed by atoms with Crippen molar-refractivity contribution in [2.45, 2.75) is 12.5 Å². The zero-order valence-electron chi connectivity index (χ0n) is 11.3. The summed E-state index contributed by atoms with van der Waals surface area (Å²) in [7, 11) is 1.46. The smallest absolute Gasteiger partial charge is 0.273 e. The van der Waals surface area contributed by atoms with Gasteiger partial charge in [-0.3, -0.25) is 10.1 Å². The summed E-state index contributed by atoms with van der Waals surface area (Å²) >= 11 is 0. The summed E-state index contributed by atoms with van der Waals surface area (Å²) in [5, 5.41) is 13.9. The molecule has 0 spiro atoms. The van der Waals surface area contributed by atoms with E-state index in [4.69, 9.17) is 14.2 Å². The molecular formula is C13H18N2O5. The highest BCUT2D eigenvalue weighted by molar-refractivity contribution is 5.48. The minimum atomic E-state index is -0.464. The maximum Gasteiger partial charge on any atom is 0.273 e. The van der Waals surface area contributed by atoms with Crippen LogP contribution in [0.15, 0.2) is 18.2 Å². The Bertz CT molecular complexity index is 460. The highest BCUT2D eigenvalue weighted by Gasteiger charge is 2.15. The molecule has 1 aromatic rings. The van der Waals surface area contributed by atoms with Crippen LogP contribution in [-0.4, -0.2) is 44.4 Å². The van der Waals surface area contributed by atoms with Gasteiger partial charge < -0.3 is 19.5 Å². The average Bonchev–Trinajstić information content (AvgIpc) is 2.48. The third kappa shape index (κ3) is 3.82. The fourth-order valence-electron chi connectivity index (χ4n) is 1.99. The van der Waals surface area contributed by atoms with Crippen LogP contribution in [-0.2, 0) is 4.74 Å².